The summed E-state index contributed by atoms with van der Waals surface area (Å²) in [6.07, 6.45) is 45.9. The zero-order chi connectivity index (χ0) is 40.0. The monoisotopic (exact) mass is 775 g/mol. The minimum absolute atomic E-state index is 0.0160. The molecule has 0 spiro atoms. The molecule has 10 heteroatoms. The van der Waals surface area contributed by atoms with Crippen LogP contribution in [-0.4, -0.2) is 74.9 Å². The van der Waals surface area contributed by atoms with Crippen LogP contribution in [0, 0.1) is 0 Å². The van der Waals surface area contributed by atoms with Crippen LogP contribution < -0.4 is 0 Å². The van der Waals surface area contributed by atoms with Gasteiger partial charge in [-0.2, -0.15) is 0 Å². The summed E-state index contributed by atoms with van der Waals surface area (Å²) in [5.74, 6) is -0.867. The molecule has 0 saturated heterocycles. The number of quaternary nitrogens is 1. The Hall–Kier alpha value is -3.07. The van der Waals surface area contributed by atoms with E-state index in [-0.39, 0.29) is 26.1 Å². The van der Waals surface area contributed by atoms with Crippen LogP contribution >= 0.6 is 7.82 Å². The first-order valence-corrected chi connectivity index (χ1v) is 21.6. The zero-order valence-electron chi connectivity index (χ0n) is 34.2. The van der Waals surface area contributed by atoms with Crippen LogP contribution in [0.1, 0.15) is 117 Å². The van der Waals surface area contributed by atoms with Gasteiger partial charge in [-0.1, -0.05) is 150 Å². The molecule has 0 aliphatic carbocycles. The van der Waals surface area contributed by atoms with Gasteiger partial charge in [0.25, 0.3) is 0 Å². The SMILES string of the molecule is CC\C=C/C=C/C=C/C=C\CCCCCCCC(=O)OC[C@H](COP(=O)(O)OCC[N+](C)(C)C)OC(=O)CCCCCCC\C=C/C=C/C=C/C=C\CC. The Kier molecular flexibility index (Phi) is 33.6. The van der Waals surface area contributed by atoms with Gasteiger partial charge in [-0.05, 0) is 51.4 Å². The number of unbranched alkanes of at least 4 members (excludes halogenated alkanes) is 10. The molecule has 0 heterocycles. The maximum Gasteiger partial charge on any atom is 0.472 e. The maximum absolute atomic E-state index is 12.6. The summed E-state index contributed by atoms with van der Waals surface area (Å²) in [4.78, 5) is 35.3. The van der Waals surface area contributed by atoms with Crippen LogP contribution in [0.25, 0.3) is 0 Å². The van der Waals surface area contributed by atoms with Crippen LogP contribution in [0.5, 0.6) is 0 Å². The normalized spacial score (nSPS) is 14.7. The van der Waals surface area contributed by atoms with Crippen molar-refractivity contribution in [1.29, 1.82) is 0 Å². The Morgan fingerprint density at radius 3 is 1.48 bits per heavy atom. The summed E-state index contributed by atoms with van der Waals surface area (Å²) in [6, 6.07) is 0. The van der Waals surface area contributed by atoms with Gasteiger partial charge in [0.2, 0.25) is 0 Å². The van der Waals surface area contributed by atoms with Gasteiger partial charge >= 0.3 is 19.8 Å². The quantitative estimate of drug-likeness (QED) is 0.0226. The van der Waals surface area contributed by atoms with Crippen molar-refractivity contribution >= 4 is 19.8 Å². The first-order chi connectivity index (χ1) is 26.0. The van der Waals surface area contributed by atoms with Crippen molar-refractivity contribution in [1.82, 2.24) is 0 Å². The molecular formula is C44H73NO8P+. The highest BCUT2D eigenvalue weighted by Gasteiger charge is 2.27. The third kappa shape index (κ3) is 38.6. The highest BCUT2D eigenvalue weighted by Crippen LogP contribution is 2.43. The average molecular weight is 775 g/mol. The summed E-state index contributed by atoms with van der Waals surface area (Å²) < 4.78 is 34.2. The Bertz CT molecular complexity index is 1240. The fraction of sp³-hybridized carbons (Fsp3) is 0.591. The van der Waals surface area contributed by atoms with Gasteiger partial charge in [-0.15, -0.1) is 0 Å². The van der Waals surface area contributed by atoms with Gasteiger partial charge in [0, 0.05) is 12.8 Å². The van der Waals surface area contributed by atoms with E-state index >= 15 is 0 Å². The minimum Gasteiger partial charge on any atom is -0.462 e. The molecule has 306 valence electrons. The average Bonchev–Trinajstić information content (AvgIpc) is 3.12. The number of rotatable bonds is 34. The number of hydrogen-bond donors (Lipinski definition) is 1. The molecule has 0 bridgehead atoms. The highest BCUT2D eigenvalue weighted by atomic mass is 31.2. The van der Waals surface area contributed by atoms with E-state index < -0.39 is 32.5 Å². The van der Waals surface area contributed by atoms with E-state index in [4.69, 9.17) is 18.5 Å². The van der Waals surface area contributed by atoms with Crippen molar-refractivity contribution in [2.45, 2.75) is 123 Å². The molecule has 0 radical (unpaired) electrons. The summed E-state index contributed by atoms with van der Waals surface area (Å²) in [6.45, 7) is 4.04. The number of allylic oxidation sites excluding steroid dienone is 16. The van der Waals surface area contributed by atoms with Crippen molar-refractivity contribution in [3.05, 3.63) is 97.2 Å². The Labute approximate surface area is 328 Å². The van der Waals surface area contributed by atoms with E-state index in [0.29, 0.717) is 23.9 Å². The number of esters is 2. The van der Waals surface area contributed by atoms with E-state index in [1.807, 2.05) is 81.9 Å². The van der Waals surface area contributed by atoms with Crippen LogP contribution in [0.3, 0.4) is 0 Å². The Morgan fingerprint density at radius 1 is 0.574 bits per heavy atom. The molecule has 0 fully saturated rings. The second-order valence-corrected chi connectivity index (χ2v) is 15.5. The lowest BCUT2D eigenvalue weighted by molar-refractivity contribution is -0.870. The molecule has 0 aromatic rings. The standard InChI is InChI=1S/C44H72NO8P/c1-6-8-10-12-14-16-18-20-22-24-26-28-30-32-34-36-43(46)50-40-42(41-52-54(48,49)51-39-38-45(3,4)5)53-44(47)37-35-33-31-29-27-25-23-21-19-17-15-13-11-9-7-2/h8-23,42H,6-7,24-41H2,1-5H3/p+1/b10-8-,11-9-,14-12+,15-13+,18-16+,19-17+,22-20-,23-21-/t42-/m1/s1. The molecule has 1 unspecified atom stereocenters. The van der Waals surface area contributed by atoms with Crippen molar-refractivity contribution in [2.24, 2.45) is 0 Å². The number of carbonyl (C=O) groups excluding carboxylic acids is 2. The fourth-order valence-electron chi connectivity index (χ4n) is 4.68. The van der Waals surface area contributed by atoms with Crippen molar-refractivity contribution in [3.63, 3.8) is 0 Å². The second kappa shape index (κ2) is 35.6. The van der Waals surface area contributed by atoms with E-state index in [2.05, 4.69) is 50.3 Å². The number of phosphoric acid groups is 1. The highest BCUT2D eigenvalue weighted by molar-refractivity contribution is 7.47. The fourth-order valence-corrected chi connectivity index (χ4v) is 5.42. The molecule has 0 amide bonds. The summed E-state index contributed by atoms with van der Waals surface area (Å²) in [5.41, 5.74) is 0. The summed E-state index contributed by atoms with van der Waals surface area (Å²) in [7, 11) is 1.42. The predicted octanol–water partition coefficient (Wildman–Crippen LogP) is 11.0. The first-order valence-electron chi connectivity index (χ1n) is 20.1. The number of ether oxygens (including phenoxy) is 2. The molecule has 0 saturated carbocycles. The van der Waals surface area contributed by atoms with Gasteiger partial charge in [0.05, 0.1) is 27.7 Å². The lowest BCUT2D eigenvalue weighted by Crippen LogP contribution is -2.37. The predicted molar refractivity (Wildman–Crippen MR) is 224 cm³/mol. The molecule has 0 rings (SSSR count). The number of hydrogen-bond acceptors (Lipinski definition) is 7. The third-order valence-electron chi connectivity index (χ3n) is 7.80. The lowest BCUT2D eigenvalue weighted by atomic mass is 10.1. The number of nitrogens with zero attached hydrogens (tertiary/aromatic N) is 1. The van der Waals surface area contributed by atoms with Crippen LogP contribution in [0.4, 0.5) is 0 Å². The van der Waals surface area contributed by atoms with Crippen molar-refractivity contribution in [3.8, 4) is 0 Å². The molecule has 0 aliphatic rings. The molecule has 0 aromatic heterocycles. The maximum atomic E-state index is 12.6. The van der Waals surface area contributed by atoms with Crippen LogP contribution in [0.2, 0.25) is 0 Å². The van der Waals surface area contributed by atoms with E-state index in [1.54, 1.807) is 0 Å². The zero-order valence-corrected chi connectivity index (χ0v) is 35.1. The largest absolute Gasteiger partial charge is 0.472 e. The number of carbonyl (C=O) groups is 2. The van der Waals surface area contributed by atoms with Gasteiger partial charge in [0.1, 0.15) is 19.8 Å². The second-order valence-electron chi connectivity index (χ2n) is 14.1. The molecular weight excluding hydrogens is 701 g/mol. The summed E-state index contributed by atoms with van der Waals surface area (Å²) in [5, 5.41) is 0. The van der Waals surface area contributed by atoms with Gasteiger partial charge in [-0.25, -0.2) is 4.57 Å². The van der Waals surface area contributed by atoms with Gasteiger partial charge in [-0.3, -0.25) is 18.6 Å². The lowest BCUT2D eigenvalue weighted by Gasteiger charge is -2.24. The van der Waals surface area contributed by atoms with E-state index in [0.717, 1.165) is 77.0 Å². The number of phosphoric ester groups is 1. The molecule has 9 nitrogen and oxygen atoms in total. The van der Waals surface area contributed by atoms with Crippen molar-refractivity contribution in [2.75, 3.05) is 47.5 Å². The Balaban J connectivity index is 4.53. The van der Waals surface area contributed by atoms with Gasteiger partial charge in [0.15, 0.2) is 6.10 Å². The molecule has 0 aliphatic heterocycles. The Morgan fingerprint density at radius 2 is 1.00 bits per heavy atom. The number of likely N-dealkylation sites (N-methyl/N-ethyl adjacent to an activating group) is 1. The first kappa shape index (κ1) is 50.9. The minimum atomic E-state index is -4.39. The van der Waals surface area contributed by atoms with Crippen LogP contribution in [0.15, 0.2) is 97.2 Å². The van der Waals surface area contributed by atoms with Crippen molar-refractivity contribution < 1.29 is 42.1 Å². The summed E-state index contributed by atoms with van der Waals surface area (Å²) >= 11 is 0. The third-order valence-corrected chi connectivity index (χ3v) is 8.78. The molecule has 54 heavy (non-hydrogen) atoms. The smallest absolute Gasteiger partial charge is 0.462 e. The van der Waals surface area contributed by atoms with E-state index in [1.165, 1.54) is 0 Å². The van der Waals surface area contributed by atoms with Gasteiger partial charge < -0.3 is 18.9 Å². The molecule has 2 atom stereocenters. The van der Waals surface area contributed by atoms with E-state index in [9.17, 15) is 19.0 Å². The topological polar surface area (TPSA) is 108 Å². The molecule has 0 aromatic carbocycles. The molecule has 1 N–H and O–H groups in total. The van der Waals surface area contributed by atoms with Crippen LogP contribution in [-0.2, 0) is 32.7 Å².